The van der Waals surface area contributed by atoms with Gasteiger partial charge in [-0.05, 0) is 12.3 Å². The van der Waals surface area contributed by atoms with Crippen LogP contribution in [0, 0.1) is 0 Å². The number of likely N-dealkylation sites (N-methyl/N-ethyl adjacent to an activating group) is 1. The van der Waals surface area contributed by atoms with Crippen LogP contribution in [0.5, 0.6) is 0 Å². The van der Waals surface area contributed by atoms with Crippen LogP contribution in [-0.2, 0) is 15.9 Å². The molecule has 0 saturated heterocycles. The van der Waals surface area contributed by atoms with Gasteiger partial charge in [-0.1, -0.05) is 0 Å². The topological polar surface area (TPSA) is 78.4 Å². The van der Waals surface area contributed by atoms with Gasteiger partial charge in [0.2, 0.25) is 0 Å². The summed E-state index contributed by atoms with van der Waals surface area (Å²) in [4.78, 5) is 3.52. The van der Waals surface area contributed by atoms with Crippen LogP contribution in [0.4, 0.5) is 0 Å². The fourth-order valence-corrected chi connectivity index (χ4v) is 2.22. The molecule has 2 rings (SSSR count). The van der Waals surface area contributed by atoms with Crippen molar-refractivity contribution in [3.8, 4) is 0 Å². The van der Waals surface area contributed by atoms with Gasteiger partial charge in [0.05, 0.1) is 5.69 Å². The van der Waals surface area contributed by atoms with E-state index in [2.05, 4.69) is 15.2 Å². The first-order valence-electron chi connectivity index (χ1n) is 5.61. The Bertz CT molecular complexity index is 381. The Kier molecular flexibility index (Phi) is 3.60. The van der Waals surface area contributed by atoms with Gasteiger partial charge in [-0.15, -0.1) is 5.10 Å². The first-order chi connectivity index (χ1) is 8.17. The number of rotatable bonds is 2. The maximum absolute atomic E-state index is 5.76. The molecule has 2 unspecified atom stereocenters. The molecule has 0 fully saturated rings. The predicted octanol–water partition coefficient (Wildman–Crippen LogP) is -0.818. The molecule has 2 heterocycles. The smallest absolute Gasteiger partial charge is 0.130 e. The molecule has 0 radical (unpaired) electrons. The van der Waals surface area contributed by atoms with E-state index in [-0.39, 0.29) is 12.2 Å². The fourth-order valence-electron chi connectivity index (χ4n) is 2.22. The van der Waals surface area contributed by atoms with Gasteiger partial charge in [0.1, 0.15) is 17.9 Å². The molecule has 0 amide bonds. The first kappa shape index (κ1) is 12.3. The van der Waals surface area contributed by atoms with Gasteiger partial charge in [0, 0.05) is 33.7 Å². The number of hydrogen-bond acceptors (Lipinski definition) is 6. The van der Waals surface area contributed by atoms with Crippen molar-refractivity contribution in [2.45, 2.75) is 18.6 Å². The maximum atomic E-state index is 5.76. The van der Waals surface area contributed by atoms with Gasteiger partial charge in [-0.2, -0.15) is 4.79 Å². The molecule has 0 bridgehead atoms. The minimum absolute atomic E-state index is 0.0688. The third-order valence-corrected chi connectivity index (χ3v) is 3.21. The standard InChI is InChI=1S/C10H19N5O2/c1-14-5-4-7-9(12-13-15(7)11)10(17-3)8(6-14)16-2/h8,10H,4-6,11H2,1-3H3. The SMILES string of the molecule is COC1CN(C)CCc2c(nnn2N)C1OC. The highest BCUT2D eigenvalue weighted by atomic mass is 16.5. The van der Waals surface area contributed by atoms with E-state index in [1.807, 2.05) is 7.05 Å². The molecule has 7 heteroatoms. The van der Waals surface area contributed by atoms with Gasteiger partial charge in [-0.3, -0.25) is 0 Å². The fraction of sp³-hybridized carbons (Fsp3) is 0.800. The number of nitrogens with two attached hydrogens (primary N) is 1. The third kappa shape index (κ3) is 2.26. The second kappa shape index (κ2) is 4.99. The summed E-state index contributed by atoms with van der Waals surface area (Å²) in [6.07, 6.45) is 0.516. The normalized spacial score (nSPS) is 26.3. The number of nitrogens with zero attached hydrogens (tertiary/aromatic N) is 4. The number of hydrogen-bond donors (Lipinski definition) is 1. The van der Waals surface area contributed by atoms with Crippen LogP contribution in [0.2, 0.25) is 0 Å². The van der Waals surface area contributed by atoms with Gasteiger partial charge in [-0.25, -0.2) is 0 Å². The summed E-state index contributed by atoms with van der Waals surface area (Å²) in [5.74, 6) is 5.76. The monoisotopic (exact) mass is 241 g/mol. The van der Waals surface area contributed by atoms with E-state index < -0.39 is 0 Å². The predicted molar refractivity (Wildman–Crippen MR) is 61.9 cm³/mol. The molecule has 1 aliphatic rings. The molecule has 1 aromatic rings. The number of nitrogen functional groups attached to an aromatic ring is 1. The highest BCUT2D eigenvalue weighted by Crippen LogP contribution is 2.26. The van der Waals surface area contributed by atoms with Crippen molar-refractivity contribution in [3.63, 3.8) is 0 Å². The van der Waals surface area contributed by atoms with Crippen LogP contribution in [0.15, 0.2) is 0 Å². The lowest BCUT2D eigenvalue weighted by atomic mass is 10.0. The van der Waals surface area contributed by atoms with E-state index in [0.29, 0.717) is 0 Å². The quantitative estimate of drug-likeness (QED) is 0.682. The Morgan fingerprint density at radius 1 is 1.35 bits per heavy atom. The molecule has 0 spiro atoms. The van der Waals surface area contributed by atoms with E-state index in [9.17, 15) is 0 Å². The zero-order valence-electron chi connectivity index (χ0n) is 10.5. The van der Waals surface area contributed by atoms with E-state index in [0.717, 1.165) is 30.9 Å². The van der Waals surface area contributed by atoms with Crippen molar-refractivity contribution in [1.29, 1.82) is 0 Å². The first-order valence-corrected chi connectivity index (χ1v) is 5.61. The Labute approximate surface area is 100 Å². The molecule has 1 aliphatic heterocycles. The van der Waals surface area contributed by atoms with Crippen LogP contribution >= 0.6 is 0 Å². The summed E-state index contributed by atoms with van der Waals surface area (Å²) in [6.45, 7) is 1.69. The highest BCUT2D eigenvalue weighted by molar-refractivity contribution is 5.17. The largest absolute Gasteiger partial charge is 0.377 e. The van der Waals surface area contributed by atoms with E-state index in [1.54, 1.807) is 14.2 Å². The van der Waals surface area contributed by atoms with Crippen molar-refractivity contribution in [3.05, 3.63) is 11.4 Å². The van der Waals surface area contributed by atoms with Gasteiger partial charge in [0.15, 0.2) is 0 Å². The van der Waals surface area contributed by atoms with Crippen molar-refractivity contribution in [1.82, 2.24) is 20.0 Å². The summed E-state index contributed by atoms with van der Waals surface area (Å²) in [5.41, 5.74) is 1.69. The zero-order chi connectivity index (χ0) is 12.4. The number of fused-ring (bicyclic) bond motifs is 1. The Balaban J connectivity index is 2.38. The number of ether oxygens (including phenoxy) is 2. The summed E-state index contributed by atoms with van der Waals surface area (Å²) in [5, 5.41) is 7.96. The van der Waals surface area contributed by atoms with Crippen molar-refractivity contribution >= 4 is 0 Å². The Morgan fingerprint density at radius 2 is 2.12 bits per heavy atom. The molecule has 1 aromatic heterocycles. The minimum Gasteiger partial charge on any atom is -0.377 e. The molecule has 2 atom stereocenters. The molecule has 2 N–H and O–H groups in total. The van der Waals surface area contributed by atoms with Crippen LogP contribution in [0.25, 0.3) is 0 Å². The van der Waals surface area contributed by atoms with Crippen LogP contribution in [0.1, 0.15) is 17.5 Å². The summed E-state index contributed by atoms with van der Waals surface area (Å²) >= 11 is 0. The maximum Gasteiger partial charge on any atom is 0.130 e. The molecule has 0 saturated carbocycles. The third-order valence-electron chi connectivity index (χ3n) is 3.21. The molecule has 96 valence electrons. The second-order valence-corrected chi connectivity index (χ2v) is 4.31. The van der Waals surface area contributed by atoms with Gasteiger partial charge >= 0.3 is 0 Å². The molecule has 17 heavy (non-hydrogen) atoms. The van der Waals surface area contributed by atoms with Crippen molar-refractivity contribution < 1.29 is 9.47 Å². The number of methoxy groups -OCH3 is 2. The Hall–Kier alpha value is -1.18. The van der Waals surface area contributed by atoms with Crippen molar-refractivity contribution in [2.24, 2.45) is 0 Å². The van der Waals surface area contributed by atoms with Crippen LogP contribution in [0.3, 0.4) is 0 Å². The summed E-state index contributed by atoms with van der Waals surface area (Å²) < 4.78 is 11.0. The van der Waals surface area contributed by atoms with E-state index in [1.165, 1.54) is 4.79 Å². The van der Waals surface area contributed by atoms with E-state index >= 15 is 0 Å². The molecule has 7 nitrogen and oxygen atoms in total. The molecular weight excluding hydrogens is 222 g/mol. The lowest BCUT2D eigenvalue weighted by Crippen LogP contribution is -2.39. The summed E-state index contributed by atoms with van der Waals surface area (Å²) in [7, 11) is 5.38. The highest BCUT2D eigenvalue weighted by Gasteiger charge is 2.32. The molecule has 0 aromatic carbocycles. The molecular formula is C10H19N5O2. The lowest BCUT2D eigenvalue weighted by Gasteiger charge is -2.30. The Morgan fingerprint density at radius 3 is 2.76 bits per heavy atom. The van der Waals surface area contributed by atoms with Crippen LogP contribution < -0.4 is 5.84 Å². The van der Waals surface area contributed by atoms with E-state index in [4.69, 9.17) is 15.3 Å². The molecule has 0 aliphatic carbocycles. The average molecular weight is 241 g/mol. The van der Waals surface area contributed by atoms with Gasteiger partial charge < -0.3 is 20.2 Å². The lowest BCUT2D eigenvalue weighted by molar-refractivity contribution is -0.0541. The van der Waals surface area contributed by atoms with Crippen molar-refractivity contribution in [2.75, 3.05) is 40.2 Å². The second-order valence-electron chi connectivity index (χ2n) is 4.31. The van der Waals surface area contributed by atoms with Crippen LogP contribution in [-0.4, -0.2) is 60.5 Å². The van der Waals surface area contributed by atoms with Gasteiger partial charge in [0.25, 0.3) is 0 Å². The minimum atomic E-state index is -0.227. The zero-order valence-corrected chi connectivity index (χ0v) is 10.5. The summed E-state index contributed by atoms with van der Waals surface area (Å²) in [6, 6.07) is 0. The number of aromatic nitrogens is 3. The average Bonchev–Trinajstić information content (AvgIpc) is 2.65.